The largest absolute Gasteiger partial charge is 0.489 e. The molecule has 1 fully saturated rings. The first-order chi connectivity index (χ1) is 17.2. The summed E-state index contributed by atoms with van der Waals surface area (Å²) < 4.78 is 5.73. The summed E-state index contributed by atoms with van der Waals surface area (Å²) in [4.78, 5) is 49.0. The minimum Gasteiger partial charge on any atom is -0.489 e. The molecule has 3 N–H and O–H groups in total. The van der Waals surface area contributed by atoms with Crippen molar-refractivity contribution in [2.24, 2.45) is 0 Å². The number of carbonyl (C=O) groups excluding carboxylic acids is 2. The van der Waals surface area contributed by atoms with Crippen molar-refractivity contribution in [3.8, 4) is 5.75 Å². The van der Waals surface area contributed by atoms with Crippen molar-refractivity contribution in [1.82, 2.24) is 10.2 Å². The van der Waals surface area contributed by atoms with Gasteiger partial charge in [0.25, 0.3) is 0 Å². The normalized spacial score (nSPS) is 15.8. The van der Waals surface area contributed by atoms with Crippen LogP contribution in [-0.2, 0) is 32.2 Å². The van der Waals surface area contributed by atoms with Gasteiger partial charge in [0.15, 0.2) is 0 Å². The molecule has 12 heteroatoms. The Morgan fingerprint density at radius 2 is 1.72 bits per heavy atom. The van der Waals surface area contributed by atoms with E-state index >= 15 is 0 Å². The van der Waals surface area contributed by atoms with Gasteiger partial charge in [-0.3, -0.25) is 14.4 Å². The second-order valence-corrected chi connectivity index (χ2v) is 9.82. The third-order valence-corrected chi connectivity index (χ3v) is 7.20. The molecule has 0 aromatic heterocycles. The Balaban J connectivity index is 1.58. The highest BCUT2D eigenvalue weighted by molar-refractivity contribution is 7.99. The fourth-order valence-electron chi connectivity index (χ4n) is 3.51. The molecule has 0 spiro atoms. The lowest BCUT2D eigenvalue weighted by Crippen LogP contribution is -2.52. The minimum atomic E-state index is -1.22. The van der Waals surface area contributed by atoms with Crippen LogP contribution in [0.4, 0.5) is 0 Å². The van der Waals surface area contributed by atoms with Crippen molar-refractivity contribution < 1.29 is 34.1 Å². The number of carboxylic acids is 2. The molecule has 9 nitrogen and oxygen atoms in total. The van der Waals surface area contributed by atoms with Gasteiger partial charge in [0, 0.05) is 34.2 Å². The van der Waals surface area contributed by atoms with Crippen LogP contribution >= 0.6 is 35.0 Å². The molecule has 192 valence electrons. The molecular formula is C24H24Cl2N2O7S. The van der Waals surface area contributed by atoms with Crippen molar-refractivity contribution in [1.29, 1.82) is 0 Å². The summed E-state index contributed by atoms with van der Waals surface area (Å²) in [5, 5.41) is 21.9. The number of carbonyl (C=O) groups is 4. The molecule has 36 heavy (non-hydrogen) atoms. The molecule has 0 saturated carbocycles. The highest BCUT2D eigenvalue weighted by Crippen LogP contribution is 2.26. The van der Waals surface area contributed by atoms with Gasteiger partial charge in [-0.05, 0) is 29.8 Å². The van der Waals surface area contributed by atoms with Gasteiger partial charge in [-0.2, -0.15) is 0 Å². The van der Waals surface area contributed by atoms with E-state index < -0.39 is 35.8 Å². The Hall–Kier alpha value is -2.95. The minimum absolute atomic E-state index is 0.0184. The van der Waals surface area contributed by atoms with Crippen molar-refractivity contribution in [3.63, 3.8) is 0 Å². The van der Waals surface area contributed by atoms with Crippen LogP contribution in [0.1, 0.15) is 24.0 Å². The average molecular weight is 555 g/mol. The van der Waals surface area contributed by atoms with Gasteiger partial charge < -0.3 is 25.2 Å². The number of halogens is 2. The number of carboxylic acid groups (broad SMARTS) is 2. The highest BCUT2D eigenvalue weighted by atomic mass is 35.5. The molecule has 1 heterocycles. The zero-order chi connectivity index (χ0) is 26.2. The van der Waals surface area contributed by atoms with E-state index in [9.17, 15) is 24.3 Å². The van der Waals surface area contributed by atoms with Crippen LogP contribution in [0.2, 0.25) is 10.0 Å². The van der Waals surface area contributed by atoms with E-state index in [1.807, 2.05) is 0 Å². The van der Waals surface area contributed by atoms with Gasteiger partial charge in [-0.1, -0.05) is 41.4 Å². The summed E-state index contributed by atoms with van der Waals surface area (Å²) in [6.07, 6.45) is -0.541. The maximum Gasteiger partial charge on any atom is 0.326 e. The van der Waals surface area contributed by atoms with Gasteiger partial charge in [-0.25, -0.2) is 4.79 Å². The number of hydrogen-bond donors (Lipinski definition) is 3. The van der Waals surface area contributed by atoms with E-state index in [0.29, 0.717) is 32.7 Å². The van der Waals surface area contributed by atoms with Gasteiger partial charge in [0.05, 0.1) is 12.3 Å². The van der Waals surface area contributed by atoms with Crippen LogP contribution in [0.3, 0.4) is 0 Å². The van der Waals surface area contributed by atoms with Crippen LogP contribution in [0.5, 0.6) is 5.75 Å². The lowest BCUT2D eigenvalue weighted by atomic mass is 10.1. The molecule has 0 bridgehead atoms. The summed E-state index contributed by atoms with van der Waals surface area (Å²) in [6.45, 7) is 0.159. The molecule has 2 aromatic carbocycles. The SMILES string of the molecule is O=C(O)CCC(=O)N1CSC[C@@H]1C(=O)N[C@@H](Cc1ccc(OCc2c(Cl)cccc2Cl)cc1)C(=O)O. The molecule has 0 unspecified atom stereocenters. The molecule has 0 aliphatic carbocycles. The maximum absolute atomic E-state index is 12.8. The molecular weight excluding hydrogens is 531 g/mol. The summed E-state index contributed by atoms with van der Waals surface area (Å²) in [6, 6.07) is 9.83. The van der Waals surface area contributed by atoms with Crippen molar-refractivity contribution in [2.45, 2.75) is 38.0 Å². The molecule has 3 rings (SSSR count). The second-order valence-electron chi connectivity index (χ2n) is 8.01. The Kier molecular flexibility index (Phi) is 9.86. The number of amides is 2. The average Bonchev–Trinajstić information content (AvgIpc) is 3.33. The van der Waals surface area contributed by atoms with Crippen LogP contribution in [0.15, 0.2) is 42.5 Å². The summed E-state index contributed by atoms with van der Waals surface area (Å²) >= 11 is 13.6. The number of aliphatic carboxylic acids is 2. The lowest BCUT2D eigenvalue weighted by Gasteiger charge is -2.24. The summed E-state index contributed by atoms with van der Waals surface area (Å²) in [5.74, 6) is -2.29. The van der Waals surface area contributed by atoms with Gasteiger partial charge >= 0.3 is 11.9 Å². The van der Waals surface area contributed by atoms with Crippen molar-refractivity contribution >= 4 is 58.7 Å². The van der Waals surface area contributed by atoms with E-state index in [-0.39, 0.29) is 31.7 Å². The van der Waals surface area contributed by atoms with Crippen LogP contribution in [-0.4, -0.2) is 62.6 Å². The van der Waals surface area contributed by atoms with E-state index in [2.05, 4.69) is 5.32 Å². The topological polar surface area (TPSA) is 133 Å². The number of thioether (sulfide) groups is 1. The molecule has 1 aliphatic heterocycles. The maximum atomic E-state index is 12.8. The lowest BCUT2D eigenvalue weighted by molar-refractivity contribution is -0.145. The van der Waals surface area contributed by atoms with Crippen molar-refractivity contribution in [3.05, 3.63) is 63.6 Å². The smallest absolute Gasteiger partial charge is 0.326 e. The molecule has 2 aromatic rings. The molecule has 1 aliphatic rings. The fourth-order valence-corrected chi connectivity index (χ4v) is 5.20. The van der Waals surface area contributed by atoms with E-state index in [4.69, 9.17) is 33.0 Å². The second kappa shape index (κ2) is 12.8. The first kappa shape index (κ1) is 27.6. The zero-order valence-electron chi connectivity index (χ0n) is 19.0. The number of nitrogens with zero attached hydrogens (tertiary/aromatic N) is 1. The third kappa shape index (κ3) is 7.52. The Labute approximate surface area is 221 Å². The van der Waals surface area contributed by atoms with Gasteiger partial charge in [0.2, 0.25) is 11.8 Å². The van der Waals surface area contributed by atoms with Gasteiger partial charge in [-0.15, -0.1) is 11.8 Å². The zero-order valence-corrected chi connectivity index (χ0v) is 21.3. The van der Waals surface area contributed by atoms with E-state index in [1.165, 1.54) is 16.7 Å². The Morgan fingerprint density at radius 1 is 1.06 bits per heavy atom. The monoisotopic (exact) mass is 554 g/mol. The first-order valence-corrected chi connectivity index (χ1v) is 12.8. The number of ether oxygens (including phenoxy) is 1. The van der Waals surface area contributed by atoms with Crippen LogP contribution < -0.4 is 10.1 Å². The number of hydrogen-bond acceptors (Lipinski definition) is 6. The van der Waals surface area contributed by atoms with E-state index in [0.717, 1.165) is 0 Å². The highest BCUT2D eigenvalue weighted by Gasteiger charge is 2.36. The quantitative estimate of drug-likeness (QED) is 0.384. The number of benzene rings is 2. The number of rotatable bonds is 11. The number of nitrogens with one attached hydrogen (secondary N) is 1. The molecule has 2 amide bonds. The van der Waals surface area contributed by atoms with Crippen LogP contribution in [0, 0.1) is 0 Å². The fraction of sp³-hybridized carbons (Fsp3) is 0.333. The standard InChI is InChI=1S/C24H24Cl2N2O7S/c25-17-2-1-3-18(26)16(17)11-35-15-6-4-14(5-7-15)10-19(24(33)34)27-23(32)20-12-36-13-28(20)21(29)8-9-22(30)31/h1-7,19-20H,8-13H2,(H,27,32)(H,30,31)(H,33,34)/t19-,20+/m0/s1. The Morgan fingerprint density at radius 3 is 2.33 bits per heavy atom. The van der Waals surface area contributed by atoms with Crippen molar-refractivity contribution in [2.75, 3.05) is 11.6 Å². The summed E-state index contributed by atoms with van der Waals surface area (Å²) in [7, 11) is 0. The predicted molar refractivity (Wildman–Crippen MR) is 135 cm³/mol. The third-order valence-electron chi connectivity index (χ3n) is 5.48. The molecule has 1 saturated heterocycles. The van der Waals surface area contributed by atoms with Crippen LogP contribution in [0.25, 0.3) is 0 Å². The first-order valence-electron chi connectivity index (χ1n) is 10.9. The summed E-state index contributed by atoms with van der Waals surface area (Å²) in [5.41, 5.74) is 1.31. The Bertz CT molecular complexity index is 1110. The predicted octanol–water partition coefficient (Wildman–Crippen LogP) is 3.45. The molecule has 0 radical (unpaired) electrons. The van der Waals surface area contributed by atoms with Gasteiger partial charge in [0.1, 0.15) is 24.4 Å². The molecule has 2 atom stereocenters. The van der Waals surface area contributed by atoms with E-state index in [1.54, 1.807) is 42.5 Å².